The first kappa shape index (κ1) is 21.6. The normalized spacial score (nSPS) is 12.2. The molecule has 154 valence electrons. The van der Waals surface area contributed by atoms with Gasteiger partial charge in [0.25, 0.3) is 5.91 Å². The van der Waals surface area contributed by atoms with Gasteiger partial charge in [0.2, 0.25) is 0 Å². The molecule has 3 N–H and O–H groups in total. The summed E-state index contributed by atoms with van der Waals surface area (Å²) in [5.41, 5.74) is 3.02. The van der Waals surface area contributed by atoms with Gasteiger partial charge in [-0.3, -0.25) is 4.79 Å². The Hall–Kier alpha value is -4.13. The van der Waals surface area contributed by atoms with E-state index in [0.29, 0.717) is 22.6 Å². The van der Waals surface area contributed by atoms with Gasteiger partial charge < -0.3 is 15.7 Å². The summed E-state index contributed by atoms with van der Waals surface area (Å²) in [5, 5.41) is 25.8. The van der Waals surface area contributed by atoms with Crippen LogP contribution >= 0.6 is 0 Å². The molecule has 0 aliphatic carbocycles. The summed E-state index contributed by atoms with van der Waals surface area (Å²) in [5.74, 6) is -0.565. The summed E-state index contributed by atoms with van der Waals surface area (Å²) in [6, 6.07) is 21.9. The first-order valence-electron chi connectivity index (χ1n) is 9.69. The Kier molecular flexibility index (Phi) is 6.35. The molecule has 0 saturated heterocycles. The van der Waals surface area contributed by atoms with Gasteiger partial charge in [0, 0.05) is 16.9 Å². The lowest BCUT2D eigenvalue weighted by atomic mass is 10.00. The zero-order chi connectivity index (χ0) is 22.4. The average molecular weight is 410 g/mol. The fraction of sp³-hybridized carbons (Fsp3) is 0.160. The number of nitriles is 1. The molecule has 0 radical (unpaired) electrons. The SMILES string of the molecule is [C-]#[N+]c1ccc(NC(=O)[C@@](C)(O)CNc2ccc(C#N)cc2-c2ccccc2)cc1C. The highest BCUT2D eigenvalue weighted by molar-refractivity contribution is 5.97. The van der Waals surface area contributed by atoms with Crippen molar-refractivity contribution < 1.29 is 9.90 Å². The number of benzene rings is 3. The van der Waals surface area contributed by atoms with E-state index < -0.39 is 11.5 Å². The van der Waals surface area contributed by atoms with E-state index in [1.54, 1.807) is 43.3 Å². The Labute approximate surface area is 181 Å². The number of aliphatic hydroxyl groups is 1. The summed E-state index contributed by atoms with van der Waals surface area (Å²) < 4.78 is 0. The maximum atomic E-state index is 12.7. The molecule has 0 spiro atoms. The third kappa shape index (κ3) is 5.08. The average Bonchev–Trinajstić information content (AvgIpc) is 2.78. The summed E-state index contributed by atoms with van der Waals surface area (Å²) in [6.45, 7) is 10.3. The number of amides is 1. The second kappa shape index (κ2) is 9.13. The number of aryl methyl sites for hydroxylation is 1. The smallest absolute Gasteiger partial charge is 0.257 e. The number of anilines is 2. The highest BCUT2D eigenvalue weighted by Crippen LogP contribution is 2.29. The lowest BCUT2D eigenvalue weighted by molar-refractivity contribution is -0.131. The van der Waals surface area contributed by atoms with E-state index in [1.807, 2.05) is 30.3 Å². The Morgan fingerprint density at radius 1 is 1.16 bits per heavy atom. The molecule has 1 atom stereocenters. The molecule has 0 fully saturated rings. The van der Waals surface area contributed by atoms with Crippen molar-refractivity contribution in [1.82, 2.24) is 0 Å². The largest absolute Gasteiger partial charge is 0.381 e. The molecule has 0 aliphatic rings. The van der Waals surface area contributed by atoms with Crippen molar-refractivity contribution in [3.63, 3.8) is 0 Å². The van der Waals surface area contributed by atoms with Gasteiger partial charge in [-0.15, -0.1) is 0 Å². The van der Waals surface area contributed by atoms with Crippen molar-refractivity contribution in [2.45, 2.75) is 19.4 Å². The maximum Gasteiger partial charge on any atom is 0.257 e. The molecule has 3 aromatic carbocycles. The first-order valence-corrected chi connectivity index (χ1v) is 9.69. The van der Waals surface area contributed by atoms with Crippen LogP contribution in [0.25, 0.3) is 16.0 Å². The molecule has 0 saturated carbocycles. The third-order valence-electron chi connectivity index (χ3n) is 4.92. The van der Waals surface area contributed by atoms with E-state index in [1.165, 1.54) is 6.92 Å². The van der Waals surface area contributed by atoms with Crippen LogP contribution < -0.4 is 10.6 Å². The Morgan fingerprint density at radius 3 is 2.55 bits per heavy atom. The minimum absolute atomic E-state index is 0.0380. The van der Waals surface area contributed by atoms with E-state index in [2.05, 4.69) is 21.5 Å². The van der Waals surface area contributed by atoms with Gasteiger partial charge in [0.05, 0.1) is 24.7 Å². The predicted octanol–water partition coefficient (Wildman–Crippen LogP) is 4.89. The van der Waals surface area contributed by atoms with E-state index >= 15 is 0 Å². The molecule has 0 unspecified atom stereocenters. The Morgan fingerprint density at radius 2 is 1.90 bits per heavy atom. The molecular formula is C25H22N4O2. The van der Waals surface area contributed by atoms with Gasteiger partial charge in [-0.25, -0.2) is 4.85 Å². The Balaban J connectivity index is 1.77. The van der Waals surface area contributed by atoms with Crippen LogP contribution in [0.2, 0.25) is 0 Å². The van der Waals surface area contributed by atoms with Crippen LogP contribution in [0, 0.1) is 24.8 Å². The second-order valence-corrected chi connectivity index (χ2v) is 7.43. The van der Waals surface area contributed by atoms with Gasteiger partial charge in [0.1, 0.15) is 0 Å². The van der Waals surface area contributed by atoms with Crippen molar-refractivity contribution in [2.24, 2.45) is 0 Å². The molecule has 31 heavy (non-hydrogen) atoms. The fourth-order valence-corrected chi connectivity index (χ4v) is 3.10. The van der Waals surface area contributed by atoms with E-state index in [4.69, 9.17) is 6.57 Å². The van der Waals surface area contributed by atoms with E-state index in [9.17, 15) is 15.2 Å². The van der Waals surface area contributed by atoms with Crippen LogP contribution in [-0.2, 0) is 4.79 Å². The number of rotatable bonds is 6. The number of hydrogen-bond donors (Lipinski definition) is 3. The van der Waals surface area contributed by atoms with Gasteiger partial charge in [0.15, 0.2) is 11.3 Å². The zero-order valence-corrected chi connectivity index (χ0v) is 17.3. The maximum absolute atomic E-state index is 12.7. The predicted molar refractivity (Wildman–Crippen MR) is 122 cm³/mol. The molecule has 0 bridgehead atoms. The monoisotopic (exact) mass is 410 g/mol. The van der Waals surface area contributed by atoms with Crippen molar-refractivity contribution in [3.05, 3.63) is 89.3 Å². The standard InChI is InChI=1S/C25H22N4O2/c1-17-13-20(10-12-22(17)27-3)29-24(30)25(2,31)16-28-23-11-9-18(15-26)14-21(23)19-7-5-4-6-8-19/h4-14,28,31H,16H2,1-2H3,(H,29,30)/t25-/m0/s1. The topological polar surface area (TPSA) is 89.5 Å². The molecule has 0 heterocycles. The molecule has 1 amide bonds. The number of carbonyl (C=O) groups is 1. The van der Waals surface area contributed by atoms with E-state index in [0.717, 1.165) is 16.7 Å². The van der Waals surface area contributed by atoms with Gasteiger partial charge in [-0.1, -0.05) is 36.4 Å². The Bertz CT molecular complexity index is 1190. The quantitative estimate of drug-likeness (QED) is 0.505. The summed E-state index contributed by atoms with van der Waals surface area (Å²) >= 11 is 0. The minimum Gasteiger partial charge on any atom is -0.381 e. The lowest BCUT2D eigenvalue weighted by Crippen LogP contribution is -2.45. The summed E-state index contributed by atoms with van der Waals surface area (Å²) in [4.78, 5) is 16.1. The summed E-state index contributed by atoms with van der Waals surface area (Å²) in [7, 11) is 0. The lowest BCUT2D eigenvalue weighted by Gasteiger charge is -2.24. The highest BCUT2D eigenvalue weighted by Gasteiger charge is 2.30. The van der Waals surface area contributed by atoms with Gasteiger partial charge in [-0.2, -0.15) is 5.26 Å². The van der Waals surface area contributed by atoms with Crippen molar-refractivity contribution in [3.8, 4) is 17.2 Å². The highest BCUT2D eigenvalue weighted by atomic mass is 16.3. The molecule has 6 nitrogen and oxygen atoms in total. The van der Waals surface area contributed by atoms with Crippen LogP contribution in [0.3, 0.4) is 0 Å². The molecule has 3 aromatic rings. The number of hydrogen-bond acceptors (Lipinski definition) is 4. The van der Waals surface area contributed by atoms with Crippen LogP contribution in [0.4, 0.5) is 17.1 Å². The molecule has 3 rings (SSSR count). The zero-order valence-electron chi connectivity index (χ0n) is 17.3. The van der Waals surface area contributed by atoms with Crippen molar-refractivity contribution >= 4 is 23.0 Å². The molecular weight excluding hydrogens is 388 g/mol. The third-order valence-corrected chi connectivity index (χ3v) is 4.92. The number of nitrogens with one attached hydrogen (secondary N) is 2. The van der Waals surface area contributed by atoms with Crippen molar-refractivity contribution in [2.75, 3.05) is 17.2 Å². The second-order valence-electron chi connectivity index (χ2n) is 7.43. The van der Waals surface area contributed by atoms with Gasteiger partial charge >= 0.3 is 0 Å². The van der Waals surface area contributed by atoms with E-state index in [-0.39, 0.29) is 6.54 Å². The van der Waals surface area contributed by atoms with Crippen LogP contribution in [0.5, 0.6) is 0 Å². The first-order chi connectivity index (χ1) is 14.8. The molecule has 0 aliphatic heterocycles. The van der Waals surface area contributed by atoms with Crippen molar-refractivity contribution in [1.29, 1.82) is 5.26 Å². The minimum atomic E-state index is -1.70. The van der Waals surface area contributed by atoms with Gasteiger partial charge in [-0.05, 0) is 55.3 Å². The van der Waals surface area contributed by atoms with Crippen LogP contribution in [0.1, 0.15) is 18.1 Å². The van der Waals surface area contributed by atoms with Crippen LogP contribution in [0.15, 0.2) is 66.7 Å². The summed E-state index contributed by atoms with van der Waals surface area (Å²) in [6.07, 6.45) is 0. The molecule has 6 heteroatoms. The van der Waals surface area contributed by atoms with Crippen LogP contribution in [-0.4, -0.2) is 23.2 Å². The fourth-order valence-electron chi connectivity index (χ4n) is 3.10. The molecule has 0 aromatic heterocycles. The number of nitrogens with zero attached hydrogens (tertiary/aromatic N) is 2. The number of carbonyl (C=O) groups excluding carboxylic acids is 1.